The van der Waals surface area contributed by atoms with E-state index in [1.807, 2.05) is 0 Å². The molecule has 7 heteroatoms. The van der Waals surface area contributed by atoms with E-state index in [0.29, 0.717) is 18.2 Å². The summed E-state index contributed by atoms with van der Waals surface area (Å²) >= 11 is 5.92. The van der Waals surface area contributed by atoms with Gasteiger partial charge in [-0.2, -0.15) is 0 Å². The van der Waals surface area contributed by atoms with Crippen molar-refractivity contribution in [3.8, 4) is 0 Å². The van der Waals surface area contributed by atoms with Crippen LogP contribution in [0.25, 0.3) is 0 Å². The van der Waals surface area contributed by atoms with Gasteiger partial charge in [-0.15, -0.1) is 0 Å². The second kappa shape index (κ2) is 5.26. The fraction of sp³-hybridized carbons (Fsp3) is 0.538. The first-order valence-corrected chi connectivity index (χ1v) is 8.55. The molecule has 20 heavy (non-hydrogen) atoms. The number of hydrogen-bond donors (Lipinski definition) is 2. The minimum atomic E-state index is -3.83. The first-order chi connectivity index (χ1) is 9.45. The van der Waals surface area contributed by atoms with Crippen LogP contribution < -0.4 is 10.0 Å². The van der Waals surface area contributed by atoms with Gasteiger partial charge in [-0.1, -0.05) is 11.6 Å². The highest BCUT2D eigenvalue weighted by molar-refractivity contribution is 7.89. The van der Waals surface area contributed by atoms with Gasteiger partial charge in [-0.05, 0) is 37.8 Å². The standard InChI is InChI=1S/C13H16ClFN2O2S/c14-9-5-8(7-16-10-1-2-10)13(15)12(6-9)20(18,19)17-11-3-4-11/h5-6,10-11,16-17H,1-4,7H2. The van der Waals surface area contributed by atoms with Gasteiger partial charge in [0.1, 0.15) is 10.7 Å². The molecule has 0 bridgehead atoms. The Bertz CT molecular complexity index is 628. The average Bonchev–Trinajstić information content (AvgIpc) is 3.23. The molecule has 0 spiro atoms. The molecule has 4 nitrogen and oxygen atoms in total. The van der Waals surface area contributed by atoms with Gasteiger partial charge in [0.15, 0.2) is 0 Å². The van der Waals surface area contributed by atoms with Crippen molar-refractivity contribution in [2.45, 2.75) is 49.2 Å². The molecule has 0 unspecified atom stereocenters. The first kappa shape index (κ1) is 14.3. The predicted octanol–water partition coefficient (Wildman–Crippen LogP) is 2.17. The Morgan fingerprint density at radius 2 is 1.85 bits per heavy atom. The molecule has 2 fully saturated rings. The molecule has 2 aliphatic rings. The Morgan fingerprint density at radius 3 is 2.45 bits per heavy atom. The van der Waals surface area contributed by atoms with Crippen LogP contribution in [0, 0.1) is 5.82 Å². The van der Waals surface area contributed by atoms with Crippen LogP contribution in [0.5, 0.6) is 0 Å². The van der Waals surface area contributed by atoms with E-state index in [4.69, 9.17) is 11.6 Å². The van der Waals surface area contributed by atoms with Gasteiger partial charge < -0.3 is 5.32 Å². The van der Waals surface area contributed by atoms with Gasteiger partial charge in [0, 0.05) is 29.2 Å². The summed E-state index contributed by atoms with van der Waals surface area (Å²) in [5.41, 5.74) is 0.292. The van der Waals surface area contributed by atoms with Crippen LogP contribution >= 0.6 is 11.6 Å². The number of sulfonamides is 1. The molecule has 1 aromatic carbocycles. The van der Waals surface area contributed by atoms with Crippen molar-refractivity contribution < 1.29 is 12.8 Å². The molecule has 1 aromatic rings. The minimum absolute atomic E-state index is 0.0635. The largest absolute Gasteiger partial charge is 0.310 e. The Labute approximate surface area is 122 Å². The van der Waals surface area contributed by atoms with Gasteiger partial charge in [-0.25, -0.2) is 17.5 Å². The maximum absolute atomic E-state index is 14.4. The molecule has 0 atom stereocenters. The monoisotopic (exact) mass is 318 g/mol. The van der Waals surface area contributed by atoms with Gasteiger partial charge in [-0.3, -0.25) is 0 Å². The highest BCUT2D eigenvalue weighted by Crippen LogP contribution is 2.28. The lowest BCUT2D eigenvalue weighted by molar-refractivity contribution is 0.541. The Morgan fingerprint density at radius 1 is 1.20 bits per heavy atom. The highest BCUT2D eigenvalue weighted by atomic mass is 35.5. The summed E-state index contributed by atoms with van der Waals surface area (Å²) in [7, 11) is -3.83. The van der Waals surface area contributed by atoms with E-state index in [1.165, 1.54) is 12.1 Å². The van der Waals surface area contributed by atoms with E-state index < -0.39 is 15.8 Å². The maximum atomic E-state index is 14.4. The highest BCUT2D eigenvalue weighted by Gasteiger charge is 2.31. The van der Waals surface area contributed by atoms with Gasteiger partial charge >= 0.3 is 0 Å². The van der Waals surface area contributed by atoms with Crippen LogP contribution in [0.3, 0.4) is 0 Å². The molecule has 2 N–H and O–H groups in total. The van der Waals surface area contributed by atoms with Crippen LogP contribution in [0.1, 0.15) is 31.2 Å². The summed E-state index contributed by atoms with van der Waals surface area (Å²) < 4.78 is 41.1. The zero-order chi connectivity index (χ0) is 14.3. The summed E-state index contributed by atoms with van der Waals surface area (Å²) in [6.45, 7) is 0.295. The molecule has 0 saturated heterocycles. The van der Waals surface area contributed by atoms with Gasteiger partial charge in [0.2, 0.25) is 10.0 Å². The quantitative estimate of drug-likeness (QED) is 0.845. The maximum Gasteiger partial charge on any atom is 0.243 e. The van der Waals surface area contributed by atoms with E-state index >= 15 is 0 Å². The summed E-state index contributed by atoms with van der Waals surface area (Å²) in [4.78, 5) is -0.357. The van der Waals surface area contributed by atoms with E-state index in [1.54, 1.807) is 0 Å². The molecule has 0 heterocycles. The number of nitrogens with one attached hydrogen (secondary N) is 2. The van der Waals surface area contributed by atoms with Crippen molar-refractivity contribution in [3.63, 3.8) is 0 Å². The normalized spacial score (nSPS) is 19.3. The summed E-state index contributed by atoms with van der Waals surface area (Å²) in [5.74, 6) is -0.712. The van der Waals surface area contributed by atoms with Crippen LogP contribution in [0.4, 0.5) is 4.39 Å². The molecule has 2 saturated carbocycles. The molecule has 0 amide bonds. The number of hydrogen-bond acceptors (Lipinski definition) is 3. The third-order valence-corrected chi connectivity index (χ3v) is 5.16. The number of halogens is 2. The van der Waals surface area contributed by atoms with E-state index in [0.717, 1.165) is 25.7 Å². The van der Waals surface area contributed by atoms with Crippen molar-refractivity contribution >= 4 is 21.6 Å². The molecular weight excluding hydrogens is 303 g/mol. The summed E-state index contributed by atoms with van der Waals surface area (Å²) in [6, 6.07) is 2.99. The fourth-order valence-electron chi connectivity index (χ4n) is 1.97. The lowest BCUT2D eigenvalue weighted by Crippen LogP contribution is -2.27. The zero-order valence-corrected chi connectivity index (χ0v) is 12.4. The molecule has 3 rings (SSSR count). The SMILES string of the molecule is O=S(=O)(NC1CC1)c1cc(Cl)cc(CNC2CC2)c1F. The summed E-state index contributed by atoms with van der Waals surface area (Å²) in [5, 5.41) is 3.39. The van der Waals surface area contributed by atoms with Crippen molar-refractivity contribution in [2.75, 3.05) is 0 Å². The third-order valence-electron chi connectivity index (χ3n) is 3.43. The third kappa shape index (κ3) is 3.31. The van der Waals surface area contributed by atoms with E-state index in [2.05, 4.69) is 10.0 Å². The van der Waals surface area contributed by atoms with Gasteiger partial charge in [0.05, 0.1) is 0 Å². The van der Waals surface area contributed by atoms with Gasteiger partial charge in [0.25, 0.3) is 0 Å². The zero-order valence-electron chi connectivity index (χ0n) is 10.8. The lowest BCUT2D eigenvalue weighted by Gasteiger charge is -2.11. The number of rotatable bonds is 6. The molecule has 0 aliphatic heterocycles. The minimum Gasteiger partial charge on any atom is -0.310 e. The van der Waals surface area contributed by atoms with Crippen LogP contribution in [0.15, 0.2) is 17.0 Å². The van der Waals surface area contributed by atoms with Crippen molar-refractivity contribution in [1.29, 1.82) is 0 Å². The van der Waals surface area contributed by atoms with Crippen molar-refractivity contribution in [2.24, 2.45) is 0 Å². The Balaban J connectivity index is 1.88. The molecular formula is C13H16ClFN2O2S. The van der Waals surface area contributed by atoms with E-state index in [9.17, 15) is 12.8 Å². The molecule has 0 radical (unpaired) electrons. The Kier molecular flexibility index (Phi) is 3.75. The second-order valence-corrected chi connectivity index (χ2v) is 7.55. The van der Waals surface area contributed by atoms with Crippen molar-refractivity contribution in [1.82, 2.24) is 10.0 Å². The van der Waals surface area contributed by atoms with Crippen molar-refractivity contribution in [3.05, 3.63) is 28.5 Å². The molecule has 110 valence electrons. The van der Waals surface area contributed by atoms with Crippen LogP contribution in [0.2, 0.25) is 5.02 Å². The Hall–Kier alpha value is -0.690. The fourth-order valence-corrected chi connectivity index (χ4v) is 3.72. The molecule has 2 aliphatic carbocycles. The average molecular weight is 319 g/mol. The topological polar surface area (TPSA) is 58.2 Å². The smallest absolute Gasteiger partial charge is 0.243 e. The first-order valence-electron chi connectivity index (χ1n) is 6.69. The van der Waals surface area contributed by atoms with Crippen LogP contribution in [-0.4, -0.2) is 20.5 Å². The second-order valence-electron chi connectivity index (χ2n) is 5.43. The molecule has 0 aromatic heterocycles. The van der Waals surface area contributed by atoms with E-state index in [-0.39, 0.29) is 16.0 Å². The summed E-state index contributed by atoms with van der Waals surface area (Å²) in [6.07, 6.45) is 3.77. The van der Waals surface area contributed by atoms with Crippen LogP contribution in [-0.2, 0) is 16.6 Å². The predicted molar refractivity (Wildman–Crippen MR) is 74.6 cm³/mol. The number of benzene rings is 1. The lowest BCUT2D eigenvalue weighted by atomic mass is 10.2.